The normalized spacial score (nSPS) is 15.3. The Bertz CT molecular complexity index is 1230. The van der Waals surface area contributed by atoms with Crippen molar-refractivity contribution in [3.8, 4) is 0 Å². The summed E-state index contributed by atoms with van der Waals surface area (Å²) in [4.78, 5) is 71.4. The van der Waals surface area contributed by atoms with Crippen molar-refractivity contribution < 1.29 is 33.4 Å². The lowest BCUT2D eigenvalue weighted by Crippen LogP contribution is -2.57. The second kappa shape index (κ2) is 17.5. The third-order valence-corrected chi connectivity index (χ3v) is 7.85. The van der Waals surface area contributed by atoms with Crippen LogP contribution in [0.3, 0.4) is 0 Å². The van der Waals surface area contributed by atoms with Crippen molar-refractivity contribution in [1.82, 2.24) is 25.8 Å². The first-order valence-electron chi connectivity index (χ1n) is 14.9. The summed E-state index contributed by atoms with van der Waals surface area (Å²) in [6.07, 6.45) is 1.15. The highest BCUT2D eigenvalue weighted by Gasteiger charge is 2.33. The number of rotatable bonds is 15. The topological polar surface area (TPSA) is 156 Å². The van der Waals surface area contributed by atoms with Crippen LogP contribution in [0.5, 0.6) is 0 Å². The molecule has 240 valence electrons. The first-order chi connectivity index (χ1) is 21.0. The van der Waals surface area contributed by atoms with Gasteiger partial charge in [-0.05, 0) is 30.2 Å². The number of hydrogen-bond acceptors (Lipinski definition) is 9. The molecule has 13 heteroatoms. The summed E-state index contributed by atoms with van der Waals surface area (Å²) in [7, 11) is 0. The lowest BCUT2D eigenvalue weighted by Gasteiger charge is -2.28. The number of ketones is 1. The second-order valence-corrected chi connectivity index (χ2v) is 12.3. The first-order valence-corrected chi connectivity index (χ1v) is 15.8. The van der Waals surface area contributed by atoms with Crippen molar-refractivity contribution in [3.63, 3.8) is 0 Å². The van der Waals surface area contributed by atoms with Crippen molar-refractivity contribution in [2.45, 2.75) is 71.7 Å². The van der Waals surface area contributed by atoms with E-state index in [1.807, 2.05) is 44.2 Å². The predicted octanol–water partition coefficient (Wildman–Crippen LogP) is 2.93. The average Bonchev–Trinajstić information content (AvgIpc) is 3.55. The van der Waals surface area contributed by atoms with Gasteiger partial charge in [-0.3, -0.25) is 19.2 Å². The minimum Gasteiger partial charge on any atom is -0.445 e. The molecule has 1 aliphatic rings. The highest BCUT2D eigenvalue weighted by molar-refractivity contribution is 7.11. The molecule has 3 atom stereocenters. The van der Waals surface area contributed by atoms with Crippen molar-refractivity contribution in [2.24, 2.45) is 11.8 Å². The van der Waals surface area contributed by atoms with Gasteiger partial charge in [0.2, 0.25) is 23.5 Å². The molecule has 2 heterocycles. The van der Waals surface area contributed by atoms with Gasteiger partial charge < -0.3 is 30.3 Å². The molecule has 44 heavy (non-hydrogen) atoms. The Hall–Kier alpha value is -3.84. The highest BCUT2D eigenvalue weighted by Crippen LogP contribution is 2.15. The number of amides is 4. The van der Waals surface area contributed by atoms with Crippen LogP contribution in [-0.4, -0.2) is 83.9 Å². The smallest absolute Gasteiger partial charge is 0.408 e. The standard InChI is InChI=1S/C31H43N5O7S/c1-20(2)18-24(34-29(40)26(21(3)4)35-31(41)43-19-22-8-6-5-7-9-22)28(39)33-23(27(38)30-32-12-17-44-30)10-11-25(37)36-13-15-42-16-14-36/h5-9,12,17,20-21,23-24,26H,10-11,13-16,18-19H2,1-4H3,(H,33,39)(H,34,40)(H,35,41)/t23-,24-,26-/m0/s1. The minimum atomic E-state index is -1.02. The van der Waals surface area contributed by atoms with Crippen molar-refractivity contribution in [1.29, 1.82) is 0 Å². The third-order valence-electron chi connectivity index (χ3n) is 7.06. The Morgan fingerprint density at radius 3 is 2.25 bits per heavy atom. The zero-order valence-electron chi connectivity index (χ0n) is 25.7. The Morgan fingerprint density at radius 1 is 0.955 bits per heavy atom. The number of hydrogen-bond donors (Lipinski definition) is 3. The zero-order chi connectivity index (χ0) is 32.1. The minimum absolute atomic E-state index is 0.0170. The molecule has 0 aliphatic carbocycles. The molecule has 2 aromatic rings. The van der Waals surface area contributed by atoms with Gasteiger partial charge in [-0.2, -0.15) is 0 Å². The van der Waals surface area contributed by atoms with Crippen molar-refractivity contribution in [3.05, 3.63) is 52.5 Å². The summed E-state index contributed by atoms with van der Waals surface area (Å²) < 4.78 is 10.6. The maximum atomic E-state index is 13.6. The average molecular weight is 630 g/mol. The van der Waals surface area contributed by atoms with Gasteiger partial charge >= 0.3 is 6.09 Å². The Labute approximate surface area is 262 Å². The van der Waals surface area contributed by atoms with Crippen LogP contribution in [0.15, 0.2) is 41.9 Å². The van der Waals surface area contributed by atoms with Gasteiger partial charge in [0.05, 0.1) is 19.3 Å². The van der Waals surface area contributed by atoms with Gasteiger partial charge in [-0.15, -0.1) is 11.3 Å². The first kappa shape index (κ1) is 34.6. The number of morpholine rings is 1. The van der Waals surface area contributed by atoms with E-state index in [0.717, 1.165) is 16.9 Å². The van der Waals surface area contributed by atoms with Crippen LogP contribution < -0.4 is 16.0 Å². The van der Waals surface area contributed by atoms with E-state index in [-0.39, 0.29) is 48.6 Å². The lowest BCUT2D eigenvalue weighted by atomic mass is 9.99. The molecule has 1 fully saturated rings. The Morgan fingerprint density at radius 2 is 1.64 bits per heavy atom. The maximum Gasteiger partial charge on any atom is 0.408 e. The number of nitrogens with one attached hydrogen (secondary N) is 3. The molecule has 0 radical (unpaired) electrons. The number of aromatic nitrogens is 1. The summed E-state index contributed by atoms with van der Waals surface area (Å²) in [5.74, 6) is -1.94. The van der Waals surface area contributed by atoms with Crippen LogP contribution in [0, 0.1) is 11.8 Å². The molecule has 1 aliphatic heterocycles. The quantitative estimate of drug-likeness (QED) is 0.254. The third kappa shape index (κ3) is 11.0. The number of carbonyl (C=O) groups excluding carboxylic acids is 5. The summed E-state index contributed by atoms with van der Waals surface area (Å²) in [5, 5.41) is 10.0. The van der Waals surface area contributed by atoms with Gasteiger partial charge in [0.1, 0.15) is 18.7 Å². The number of alkyl carbamates (subject to hydrolysis) is 1. The van der Waals surface area contributed by atoms with Gasteiger partial charge in [0.15, 0.2) is 5.01 Å². The maximum absolute atomic E-state index is 13.6. The number of carbonyl (C=O) groups is 5. The monoisotopic (exact) mass is 629 g/mol. The molecular weight excluding hydrogens is 586 g/mol. The van der Waals surface area contributed by atoms with Crippen LogP contribution in [0.1, 0.15) is 62.3 Å². The van der Waals surface area contributed by atoms with Crippen molar-refractivity contribution in [2.75, 3.05) is 26.3 Å². The van der Waals surface area contributed by atoms with Crippen LogP contribution in [-0.2, 0) is 30.5 Å². The fourth-order valence-corrected chi connectivity index (χ4v) is 5.30. The number of nitrogens with zero attached hydrogens (tertiary/aromatic N) is 2. The molecule has 0 unspecified atom stereocenters. The molecule has 0 bridgehead atoms. The van der Waals surface area contributed by atoms with Gasteiger partial charge in [0.25, 0.3) is 0 Å². The van der Waals surface area contributed by atoms with E-state index in [0.29, 0.717) is 26.3 Å². The van der Waals surface area contributed by atoms with Gasteiger partial charge in [0, 0.05) is 31.1 Å². The highest BCUT2D eigenvalue weighted by atomic mass is 32.1. The van der Waals surface area contributed by atoms with E-state index < -0.39 is 41.8 Å². The second-order valence-electron chi connectivity index (χ2n) is 11.4. The SMILES string of the molecule is CC(C)C[C@H](NC(=O)[C@@H](NC(=O)OCc1ccccc1)C(C)C)C(=O)N[C@@H](CCC(=O)N1CCOCC1)C(=O)c1nccs1. The van der Waals surface area contributed by atoms with Crippen LogP contribution in [0.4, 0.5) is 4.79 Å². The summed E-state index contributed by atoms with van der Waals surface area (Å²) in [6.45, 7) is 9.26. The van der Waals surface area contributed by atoms with E-state index in [9.17, 15) is 24.0 Å². The number of thiazole rings is 1. The molecule has 1 saturated heterocycles. The van der Waals surface area contributed by atoms with Gasteiger partial charge in [-0.25, -0.2) is 9.78 Å². The van der Waals surface area contributed by atoms with E-state index in [1.165, 1.54) is 6.20 Å². The van der Waals surface area contributed by atoms with E-state index in [1.54, 1.807) is 24.1 Å². The van der Waals surface area contributed by atoms with Crippen LogP contribution >= 0.6 is 11.3 Å². The molecule has 12 nitrogen and oxygen atoms in total. The molecular formula is C31H43N5O7S. The molecule has 0 saturated carbocycles. The Balaban J connectivity index is 1.67. The molecule has 4 amide bonds. The largest absolute Gasteiger partial charge is 0.445 e. The summed E-state index contributed by atoms with van der Waals surface area (Å²) >= 11 is 1.15. The molecule has 1 aromatic heterocycles. The molecule has 0 spiro atoms. The van der Waals surface area contributed by atoms with Crippen LogP contribution in [0.25, 0.3) is 0 Å². The Kier molecular flexibility index (Phi) is 13.7. The predicted molar refractivity (Wildman–Crippen MR) is 165 cm³/mol. The molecule has 3 N–H and O–H groups in total. The number of Topliss-reactive ketones (excluding diaryl/α,β-unsaturated/α-hetero) is 1. The fourth-order valence-electron chi connectivity index (χ4n) is 4.67. The fraction of sp³-hybridized carbons (Fsp3) is 0.548. The van der Waals surface area contributed by atoms with Crippen molar-refractivity contribution >= 4 is 40.9 Å². The molecule has 1 aromatic carbocycles. The molecule has 3 rings (SSSR count). The van der Waals surface area contributed by atoms with Crippen LogP contribution in [0.2, 0.25) is 0 Å². The summed E-state index contributed by atoms with van der Waals surface area (Å²) in [6, 6.07) is 6.18. The summed E-state index contributed by atoms with van der Waals surface area (Å²) in [5.41, 5.74) is 0.801. The van der Waals surface area contributed by atoms with Gasteiger partial charge in [-0.1, -0.05) is 58.0 Å². The van der Waals surface area contributed by atoms with E-state index in [2.05, 4.69) is 20.9 Å². The van der Waals surface area contributed by atoms with E-state index in [4.69, 9.17) is 9.47 Å². The zero-order valence-corrected chi connectivity index (χ0v) is 26.6. The van der Waals surface area contributed by atoms with E-state index >= 15 is 0 Å². The number of ether oxygens (including phenoxy) is 2. The lowest BCUT2D eigenvalue weighted by molar-refractivity contribution is -0.135. The number of benzene rings is 1.